The lowest BCUT2D eigenvalue weighted by atomic mass is 10.1. The number of urea groups is 1. The summed E-state index contributed by atoms with van der Waals surface area (Å²) in [4.78, 5) is 12.1. The molecule has 2 aliphatic rings. The van der Waals surface area contributed by atoms with Gasteiger partial charge < -0.3 is 15.4 Å². The molecule has 0 spiro atoms. The Bertz CT molecular complexity index is 480. The van der Waals surface area contributed by atoms with Gasteiger partial charge in [0.05, 0.1) is 6.61 Å². The summed E-state index contributed by atoms with van der Waals surface area (Å²) >= 11 is 0. The van der Waals surface area contributed by atoms with E-state index in [9.17, 15) is 4.79 Å². The number of hydrogen-bond donors (Lipinski definition) is 2. The van der Waals surface area contributed by atoms with Crippen molar-refractivity contribution in [3.8, 4) is 5.75 Å². The van der Waals surface area contributed by atoms with Crippen molar-refractivity contribution in [2.45, 2.75) is 51.6 Å². The van der Waals surface area contributed by atoms with Crippen molar-refractivity contribution in [1.29, 1.82) is 0 Å². The number of carbonyl (C=O) groups is 1. The summed E-state index contributed by atoms with van der Waals surface area (Å²) in [5.41, 5.74) is 1.09. The van der Waals surface area contributed by atoms with E-state index < -0.39 is 0 Å². The fraction of sp³-hybridized carbons (Fsp3) is 0.611. The number of ether oxygens (including phenoxy) is 1. The first-order valence-electron chi connectivity index (χ1n) is 8.52. The summed E-state index contributed by atoms with van der Waals surface area (Å²) in [5.74, 6) is 2.35. The summed E-state index contributed by atoms with van der Waals surface area (Å²) in [5, 5.41) is 6.14. The van der Waals surface area contributed by atoms with Crippen LogP contribution >= 0.6 is 0 Å². The van der Waals surface area contributed by atoms with E-state index in [4.69, 9.17) is 4.74 Å². The highest BCUT2D eigenvalue weighted by atomic mass is 16.5. The third-order valence-corrected chi connectivity index (χ3v) is 4.41. The maximum atomic E-state index is 12.1. The Labute approximate surface area is 132 Å². The molecular weight excluding hydrogens is 276 g/mol. The minimum absolute atomic E-state index is 0.0323. The van der Waals surface area contributed by atoms with Crippen LogP contribution in [0.4, 0.5) is 4.79 Å². The van der Waals surface area contributed by atoms with Gasteiger partial charge in [0, 0.05) is 12.6 Å². The van der Waals surface area contributed by atoms with Gasteiger partial charge in [0.2, 0.25) is 0 Å². The van der Waals surface area contributed by atoms with Gasteiger partial charge in [0.1, 0.15) is 5.75 Å². The van der Waals surface area contributed by atoms with Crippen molar-refractivity contribution < 1.29 is 9.53 Å². The van der Waals surface area contributed by atoms with Crippen LogP contribution in [0.2, 0.25) is 0 Å². The van der Waals surface area contributed by atoms with Crippen LogP contribution in [0.15, 0.2) is 24.3 Å². The fourth-order valence-electron chi connectivity index (χ4n) is 2.84. The maximum absolute atomic E-state index is 12.1. The molecule has 0 saturated heterocycles. The van der Waals surface area contributed by atoms with E-state index in [1.165, 1.54) is 25.7 Å². The second kappa shape index (κ2) is 7.03. The molecule has 2 saturated carbocycles. The second-order valence-corrected chi connectivity index (χ2v) is 6.52. The van der Waals surface area contributed by atoms with E-state index >= 15 is 0 Å². The van der Waals surface area contributed by atoms with Gasteiger partial charge in [0.15, 0.2) is 0 Å². The Kier molecular flexibility index (Phi) is 4.86. The molecular formula is C18H26N2O2. The smallest absolute Gasteiger partial charge is 0.315 e. The molecule has 0 atom stereocenters. The van der Waals surface area contributed by atoms with Crippen LogP contribution in [0.25, 0.3) is 0 Å². The van der Waals surface area contributed by atoms with Crippen LogP contribution in [0.5, 0.6) is 5.75 Å². The van der Waals surface area contributed by atoms with Gasteiger partial charge in [-0.2, -0.15) is 0 Å². The molecule has 0 aliphatic heterocycles. The van der Waals surface area contributed by atoms with E-state index in [1.54, 1.807) is 0 Å². The normalized spacial score (nSPS) is 17.4. The van der Waals surface area contributed by atoms with Crippen LogP contribution in [0.3, 0.4) is 0 Å². The molecule has 1 aromatic carbocycles. The zero-order valence-corrected chi connectivity index (χ0v) is 13.3. The first-order chi connectivity index (χ1) is 10.8. The SMILES string of the molecule is CCCOc1ccc(CNC(=O)NC(C2CC2)C2CC2)cc1. The quantitative estimate of drug-likeness (QED) is 0.772. The molecule has 0 bridgehead atoms. The molecule has 0 unspecified atom stereocenters. The van der Waals surface area contributed by atoms with Gasteiger partial charge in [0.25, 0.3) is 0 Å². The summed E-state index contributed by atoms with van der Waals surface area (Å²) in [7, 11) is 0. The van der Waals surface area contributed by atoms with Gasteiger partial charge in [-0.15, -0.1) is 0 Å². The zero-order valence-electron chi connectivity index (χ0n) is 13.3. The van der Waals surface area contributed by atoms with Crippen molar-refractivity contribution in [2.75, 3.05) is 6.61 Å². The molecule has 2 N–H and O–H groups in total. The Morgan fingerprint density at radius 1 is 1.18 bits per heavy atom. The van der Waals surface area contributed by atoms with E-state index in [0.717, 1.165) is 36.2 Å². The van der Waals surface area contributed by atoms with E-state index in [2.05, 4.69) is 17.6 Å². The molecule has 3 rings (SSSR count). The lowest BCUT2D eigenvalue weighted by Gasteiger charge is -2.18. The summed E-state index contributed by atoms with van der Waals surface area (Å²) in [6.45, 7) is 3.39. The number of carbonyl (C=O) groups excluding carboxylic acids is 1. The van der Waals surface area contributed by atoms with E-state index in [0.29, 0.717) is 12.6 Å². The molecule has 22 heavy (non-hydrogen) atoms. The van der Waals surface area contributed by atoms with Crippen molar-refractivity contribution in [3.05, 3.63) is 29.8 Å². The van der Waals surface area contributed by atoms with Crippen LogP contribution < -0.4 is 15.4 Å². The molecule has 2 amide bonds. The standard InChI is InChI=1S/C18H26N2O2/c1-2-11-22-16-9-3-13(4-10-16)12-19-18(21)20-17(14-5-6-14)15-7-8-15/h3-4,9-10,14-15,17H,2,5-8,11-12H2,1H3,(H2,19,20,21). The largest absolute Gasteiger partial charge is 0.494 e. The first-order valence-corrected chi connectivity index (χ1v) is 8.52. The minimum Gasteiger partial charge on any atom is -0.494 e. The number of amides is 2. The van der Waals surface area contributed by atoms with Gasteiger partial charge in [-0.1, -0.05) is 19.1 Å². The lowest BCUT2D eigenvalue weighted by molar-refractivity contribution is 0.233. The maximum Gasteiger partial charge on any atom is 0.315 e. The Balaban J connectivity index is 1.42. The van der Waals surface area contributed by atoms with Crippen LogP contribution in [0.1, 0.15) is 44.6 Å². The number of benzene rings is 1. The average Bonchev–Trinajstić information content (AvgIpc) is 3.41. The molecule has 0 radical (unpaired) electrons. The minimum atomic E-state index is -0.0323. The molecule has 4 nitrogen and oxygen atoms in total. The van der Waals surface area contributed by atoms with Gasteiger partial charge in [-0.05, 0) is 61.6 Å². The molecule has 2 aliphatic carbocycles. The lowest BCUT2D eigenvalue weighted by Crippen LogP contribution is -2.44. The Hall–Kier alpha value is -1.71. The summed E-state index contributed by atoms with van der Waals surface area (Å²) in [6.07, 6.45) is 6.12. The fourth-order valence-corrected chi connectivity index (χ4v) is 2.84. The van der Waals surface area contributed by atoms with Crippen LogP contribution in [-0.2, 0) is 6.54 Å². The molecule has 0 heterocycles. The average molecular weight is 302 g/mol. The van der Waals surface area contributed by atoms with Gasteiger partial charge in [-0.3, -0.25) is 0 Å². The highest BCUT2D eigenvalue weighted by molar-refractivity contribution is 5.74. The highest BCUT2D eigenvalue weighted by Crippen LogP contribution is 2.44. The van der Waals surface area contributed by atoms with Crippen molar-refractivity contribution in [3.63, 3.8) is 0 Å². The van der Waals surface area contributed by atoms with Crippen LogP contribution in [0, 0.1) is 11.8 Å². The topological polar surface area (TPSA) is 50.4 Å². The molecule has 120 valence electrons. The van der Waals surface area contributed by atoms with Crippen molar-refractivity contribution in [2.24, 2.45) is 11.8 Å². The molecule has 4 heteroatoms. The van der Waals surface area contributed by atoms with Crippen molar-refractivity contribution in [1.82, 2.24) is 10.6 Å². The molecule has 2 fully saturated rings. The van der Waals surface area contributed by atoms with Gasteiger partial charge >= 0.3 is 6.03 Å². The van der Waals surface area contributed by atoms with E-state index in [-0.39, 0.29) is 6.03 Å². The van der Waals surface area contributed by atoms with Crippen LogP contribution in [-0.4, -0.2) is 18.7 Å². The predicted molar refractivity (Wildman–Crippen MR) is 86.8 cm³/mol. The third kappa shape index (κ3) is 4.39. The molecule has 0 aromatic heterocycles. The monoisotopic (exact) mass is 302 g/mol. The Morgan fingerprint density at radius 3 is 2.36 bits per heavy atom. The van der Waals surface area contributed by atoms with E-state index in [1.807, 2.05) is 24.3 Å². The second-order valence-electron chi connectivity index (χ2n) is 6.52. The summed E-state index contributed by atoms with van der Waals surface area (Å²) in [6, 6.07) is 8.30. The zero-order chi connectivity index (χ0) is 15.4. The molecule has 1 aromatic rings. The first kappa shape index (κ1) is 15.2. The van der Waals surface area contributed by atoms with Crippen molar-refractivity contribution >= 4 is 6.03 Å². The number of rotatable bonds is 8. The van der Waals surface area contributed by atoms with Gasteiger partial charge in [-0.25, -0.2) is 4.79 Å². The summed E-state index contributed by atoms with van der Waals surface area (Å²) < 4.78 is 5.56. The number of nitrogens with one attached hydrogen (secondary N) is 2. The number of hydrogen-bond acceptors (Lipinski definition) is 2. The third-order valence-electron chi connectivity index (χ3n) is 4.41. The predicted octanol–water partition coefficient (Wildman–Crippen LogP) is 3.46. The highest BCUT2D eigenvalue weighted by Gasteiger charge is 2.42. The Morgan fingerprint density at radius 2 is 1.82 bits per heavy atom.